The predicted molar refractivity (Wildman–Crippen MR) is 86.0 cm³/mol. The van der Waals surface area contributed by atoms with Gasteiger partial charge in [0.2, 0.25) is 0 Å². The summed E-state index contributed by atoms with van der Waals surface area (Å²) in [5, 5.41) is 9.66. The van der Waals surface area contributed by atoms with Crippen molar-refractivity contribution in [3.63, 3.8) is 0 Å². The van der Waals surface area contributed by atoms with Crippen LogP contribution in [0.15, 0.2) is 42.9 Å². The van der Waals surface area contributed by atoms with Crippen LogP contribution in [-0.2, 0) is 6.42 Å². The Kier molecular flexibility index (Phi) is 3.39. The quantitative estimate of drug-likeness (QED) is 0.877. The fourth-order valence-electron chi connectivity index (χ4n) is 3.30. The van der Waals surface area contributed by atoms with Gasteiger partial charge in [0.25, 0.3) is 0 Å². The number of aromatic nitrogens is 2. The molecule has 0 amide bonds. The fourth-order valence-corrected chi connectivity index (χ4v) is 3.30. The Morgan fingerprint density at radius 2 is 1.77 bits per heavy atom. The molecular weight excluding hydrogens is 274 g/mol. The monoisotopic (exact) mass is 293 g/mol. The molecule has 4 rings (SSSR count). The van der Waals surface area contributed by atoms with Crippen LogP contribution < -0.4 is 0 Å². The van der Waals surface area contributed by atoms with E-state index in [-0.39, 0.29) is 6.10 Å². The second-order valence-electron chi connectivity index (χ2n) is 6.01. The van der Waals surface area contributed by atoms with Gasteiger partial charge in [-0.05, 0) is 36.1 Å². The van der Waals surface area contributed by atoms with Gasteiger partial charge in [-0.3, -0.25) is 9.97 Å². The fraction of sp³-hybridized carbons (Fsp3) is 0.333. The van der Waals surface area contributed by atoms with Gasteiger partial charge in [0.05, 0.1) is 17.5 Å². The van der Waals surface area contributed by atoms with E-state index >= 15 is 0 Å². The first-order valence-electron chi connectivity index (χ1n) is 7.84. The van der Waals surface area contributed by atoms with Crippen LogP contribution in [0.1, 0.15) is 24.0 Å². The maximum Gasteiger partial charge on any atom is 0.0964 e. The minimum absolute atomic E-state index is 0.139. The molecule has 1 aliphatic carbocycles. The van der Waals surface area contributed by atoms with Gasteiger partial charge in [-0.1, -0.05) is 12.1 Å². The average Bonchev–Trinajstić information content (AvgIpc) is 2.57. The van der Waals surface area contributed by atoms with Crippen LogP contribution in [0.4, 0.5) is 0 Å². The lowest BCUT2D eigenvalue weighted by atomic mass is 9.88. The number of allylic oxidation sites excluding steroid dienone is 1. The summed E-state index contributed by atoms with van der Waals surface area (Å²) in [6.45, 7) is 1.83. The first kappa shape index (κ1) is 13.5. The summed E-state index contributed by atoms with van der Waals surface area (Å²) < 4.78 is 0. The van der Waals surface area contributed by atoms with E-state index in [0.717, 1.165) is 43.7 Å². The highest BCUT2D eigenvalue weighted by Gasteiger charge is 2.23. The summed E-state index contributed by atoms with van der Waals surface area (Å²) in [4.78, 5) is 11.4. The lowest BCUT2D eigenvalue weighted by Gasteiger charge is -2.30. The summed E-state index contributed by atoms with van der Waals surface area (Å²) in [6.07, 6.45) is 8.36. The first-order chi connectivity index (χ1) is 10.8. The largest absolute Gasteiger partial charge is 0.393 e. The molecule has 4 heteroatoms. The summed E-state index contributed by atoms with van der Waals surface area (Å²) in [5.41, 5.74) is 5.69. The van der Waals surface area contributed by atoms with Gasteiger partial charge in [0, 0.05) is 43.7 Å². The summed E-state index contributed by atoms with van der Waals surface area (Å²) in [5.74, 6) is 0. The number of likely N-dealkylation sites (tertiary alicyclic amines) is 1. The Balaban J connectivity index is 1.73. The third kappa shape index (κ3) is 2.40. The molecule has 4 nitrogen and oxygen atoms in total. The number of aliphatic hydroxyl groups is 1. The highest BCUT2D eigenvalue weighted by molar-refractivity contribution is 5.84. The summed E-state index contributed by atoms with van der Waals surface area (Å²) >= 11 is 0. The van der Waals surface area contributed by atoms with E-state index in [9.17, 15) is 5.11 Å². The molecular formula is C18H19N3O. The zero-order valence-electron chi connectivity index (χ0n) is 12.4. The van der Waals surface area contributed by atoms with E-state index in [1.807, 2.05) is 24.5 Å². The minimum atomic E-state index is -0.139. The summed E-state index contributed by atoms with van der Waals surface area (Å²) in [6, 6.07) is 8.24. The Morgan fingerprint density at radius 3 is 2.59 bits per heavy atom. The lowest BCUT2D eigenvalue weighted by Crippen LogP contribution is -2.32. The van der Waals surface area contributed by atoms with Crippen molar-refractivity contribution in [3.05, 3.63) is 54.0 Å². The number of fused-ring (bicyclic) bond motifs is 3. The zero-order valence-corrected chi connectivity index (χ0v) is 12.4. The molecule has 0 aromatic carbocycles. The van der Waals surface area contributed by atoms with Gasteiger partial charge in [-0.25, -0.2) is 0 Å². The average molecular weight is 293 g/mol. The second kappa shape index (κ2) is 5.54. The number of hydrogen-bond donors (Lipinski definition) is 1. The van der Waals surface area contributed by atoms with Crippen molar-refractivity contribution in [1.82, 2.24) is 14.9 Å². The molecule has 22 heavy (non-hydrogen) atoms. The molecule has 1 N–H and O–H groups in total. The van der Waals surface area contributed by atoms with E-state index in [1.54, 1.807) is 0 Å². The standard InChI is InChI=1S/C18H19N3O/c22-15-5-9-21(10-6-15)12-14-11-13-3-1-7-19-17(13)18-16(14)4-2-8-20-18/h1-4,7-8,12,15,22H,5-6,9-11H2. The number of hydrogen-bond acceptors (Lipinski definition) is 4. The normalized spacial score (nSPS) is 19.9. The van der Waals surface area contributed by atoms with Crippen molar-refractivity contribution in [3.8, 4) is 11.4 Å². The zero-order chi connectivity index (χ0) is 14.9. The van der Waals surface area contributed by atoms with Gasteiger partial charge >= 0.3 is 0 Å². The Bertz CT molecular complexity index is 718. The molecule has 112 valence electrons. The van der Waals surface area contributed by atoms with Crippen LogP contribution in [0.3, 0.4) is 0 Å². The molecule has 0 saturated carbocycles. The highest BCUT2D eigenvalue weighted by Crippen LogP contribution is 2.36. The van der Waals surface area contributed by atoms with Crippen molar-refractivity contribution < 1.29 is 5.11 Å². The van der Waals surface area contributed by atoms with Crippen molar-refractivity contribution in [2.75, 3.05) is 13.1 Å². The van der Waals surface area contributed by atoms with Crippen LogP contribution >= 0.6 is 0 Å². The highest BCUT2D eigenvalue weighted by atomic mass is 16.3. The number of aliphatic hydroxyl groups excluding tert-OH is 1. The van der Waals surface area contributed by atoms with Gasteiger partial charge in [0.15, 0.2) is 0 Å². The smallest absolute Gasteiger partial charge is 0.0964 e. The van der Waals surface area contributed by atoms with Gasteiger partial charge in [-0.15, -0.1) is 0 Å². The molecule has 1 fully saturated rings. The second-order valence-corrected chi connectivity index (χ2v) is 6.01. The molecule has 2 aromatic heterocycles. The maximum atomic E-state index is 9.66. The molecule has 0 unspecified atom stereocenters. The van der Waals surface area contributed by atoms with Crippen LogP contribution in [0, 0.1) is 0 Å². The molecule has 0 radical (unpaired) electrons. The van der Waals surface area contributed by atoms with Crippen LogP contribution in [0.5, 0.6) is 0 Å². The minimum Gasteiger partial charge on any atom is -0.393 e. The van der Waals surface area contributed by atoms with E-state index in [2.05, 4.69) is 33.2 Å². The lowest BCUT2D eigenvalue weighted by molar-refractivity contribution is 0.102. The van der Waals surface area contributed by atoms with Gasteiger partial charge in [-0.2, -0.15) is 0 Å². The Hall–Kier alpha value is -2.20. The van der Waals surface area contributed by atoms with E-state index in [1.165, 1.54) is 16.7 Å². The third-order valence-corrected chi connectivity index (χ3v) is 4.49. The summed E-state index contributed by atoms with van der Waals surface area (Å²) in [7, 11) is 0. The molecule has 1 aliphatic heterocycles. The Labute approximate surface area is 130 Å². The van der Waals surface area contributed by atoms with Crippen LogP contribution in [-0.4, -0.2) is 39.2 Å². The van der Waals surface area contributed by atoms with Crippen molar-refractivity contribution in [2.24, 2.45) is 0 Å². The van der Waals surface area contributed by atoms with Crippen molar-refractivity contribution >= 4 is 5.57 Å². The molecule has 0 bridgehead atoms. The molecule has 2 aromatic rings. The topological polar surface area (TPSA) is 49.2 Å². The molecule has 0 spiro atoms. The van der Waals surface area contributed by atoms with E-state index in [0.29, 0.717) is 0 Å². The molecule has 2 aliphatic rings. The van der Waals surface area contributed by atoms with Crippen molar-refractivity contribution in [2.45, 2.75) is 25.4 Å². The molecule has 1 saturated heterocycles. The first-order valence-corrected chi connectivity index (χ1v) is 7.84. The number of rotatable bonds is 1. The van der Waals surface area contributed by atoms with E-state index < -0.39 is 0 Å². The van der Waals surface area contributed by atoms with Crippen LogP contribution in [0.25, 0.3) is 17.0 Å². The maximum absolute atomic E-state index is 9.66. The third-order valence-electron chi connectivity index (χ3n) is 4.49. The van der Waals surface area contributed by atoms with Gasteiger partial charge in [0.1, 0.15) is 0 Å². The number of nitrogens with zero attached hydrogens (tertiary/aromatic N) is 3. The van der Waals surface area contributed by atoms with Crippen molar-refractivity contribution in [1.29, 1.82) is 0 Å². The molecule has 0 atom stereocenters. The van der Waals surface area contributed by atoms with Gasteiger partial charge < -0.3 is 10.0 Å². The predicted octanol–water partition coefficient (Wildman–Crippen LogP) is 2.50. The SMILES string of the molecule is OC1CCN(C=C2Cc3cccnc3-c3ncccc32)CC1. The Morgan fingerprint density at radius 1 is 1.05 bits per heavy atom. The van der Waals surface area contributed by atoms with E-state index in [4.69, 9.17) is 0 Å². The number of piperidine rings is 1. The van der Waals surface area contributed by atoms with Crippen LogP contribution in [0.2, 0.25) is 0 Å². The number of pyridine rings is 2. The molecule has 3 heterocycles.